The molecular formula is C18H15N3O3. The molecule has 3 N–H and O–H groups in total. The Bertz CT molecular complexity index is 1000. The fraction of sp³-hybridized carbons (Fsp3) is 0.0556. The predicted octanol–water partition coefficient (Wildman–Crippen LogP) is 4.28. The SMILES string of the molecule is COc1ccc(-c2cnc(Nc3ccc4[nH]ccc4c3)o2)cc1O. The van der Waals surface area contributed by atoms with Gasteiger partial charge in [-0.2, -0.15) is 0 Å². The van der Waals surface area contributed by atoms with Crippen LogP contribution in [0.3, 0.4) is 0 Å². The van der Waals surface area contributed by atoms with Crippen molar-refractivity contribution in [3.63, 3.8) is 0 Å². The third-order valence-corrected chi connectivity index (χ3v) is 3.77. The average Bonchev–Trinajstić information content (AvgIpc) is 3.23. The summed E-state index contributed by atoms with van der Waals surface area (Å²) in [7, 11) is 1.51. The molecule has 2 aromatic heterocycles. The number of fused-ring (bicyclic) bond motifs is 1. The number of methoxy groups -OCH3 is 1. The standard InChI is InChI=1S/C18H15N3O3/c1-23-16-5-2-12(9-15(16)22)17-10-20-18(24-17)21-13-3-4-14-11(8-13)6-7-19-14/h2-10,19,22H,1H3,(H,20,21). The molecule has 0 aliphatic carbocycles. The van der Waals surface area contributed by atoms with E-state index < -0.39 is 0 Å². The second-order valence-electron chi connectivity index (χ2n) is 5.32. The van der Waals surface area contributed by atoms with Gasteiger partial charge in [0.15, 0.2) is 17.3 Å². The number of ether oxygens (including phenoxy) is 1. The van der Waals surface area contributed by atoms with Crippen molar-refractivity contribution in [3.05, 3.63) is 54.9 Å². The molecule has 2 heterocycles. The normalized spacial score (nSPS) is 10.9. The largest absolute Gasteiger partial charge is 0.504 e. The van der Waals surface area contributed by atoms with Gasteiger partial charge in [-0.3, -0.25) is 0 Å². The van der Waals surface area contributed by atoms with Crippen LogP contribution in [0.2, 0.25) is 0 Å². The first-order valence-electron chi connectivity index (χ1n) is 7.40. The second kappa shape index (κ2) is 5.66. The van der Waals surface area contributed by atoms with Crippen molar-refractivity contribution in [2.24, 2.45) is 0 Å². The van der Waals surface area contributed by atoms with Gasteiger partial charge in [-0.1, -0.05) is 0 Å². The van der Waals surface area contributed by atoms with E-state index in [1.54, 1.807) is 24.4 Å². The first-order valence-corrected chi connectivity index (χ1v) is 7.40. The molecule has 0 amide bonds. The number of aromatic nitrogens is 2. The van der Waals surface area contributed by atoms with E-state index in [0.29, 0.717) is 17.5 Å². The minimum absolute atomic E-state index is 0.0545. The Morgan fingerprint density at radius 1 is 1.17 bits per heavy atom. The molecule has 0 atom stereocenters. The molecule has 0 radical (unpaired) electrons. The molecule has 6 heteroatoms. The van der Waals surface area contributed by atoms with Crippen LogP contribution in [0.25, 0.3) is 22.2 Å². The van der Waals surface area contributed by atoms with E-state index in [1.165, 1.54) is 7.11 Å². The van der Waals surface area contributed by atoms with Crippen LogP contribution in [0, 0.1) is 0 Å². The number of anilines is 2. The van der Waals surface area contributed by atoms with Gasteiger partial charge in [0.25, 0.3) is 6.01 Å². The number of nitrogens with zero attached hydrogens (tertiary/aromatic N) is 1. The first kappa shape index (κ1) is 14.2. The summed E-state index contributed by atoms with van der Waals surface area (Å²) >= 11 is 0. The van der Waals surface area contributed by atoms with Crippen LogP contribution in [0.4, 0.5) is 11.7 Å². The summed E-state index contributed by atoms with van der Waals surface area (Å²) in [4.78, 5) is 7.38. The van der Waals surface area contributed by atoms with Gasteiger partial charge in [-0.15, -0.1) is 0 Å². The van der Waals surface area contributed by atoms with Crippen LogP contribution in [0.15, 0.2) is 59.3 Å². The first-order chi connectivity index (χ1) is 11.7. The lowest BCUT2D eigenvalue weighted by molar-refractivity contribution is 0.373. The van der Waals surface area contributed by atoms with Crippen molar-refractivity contribution < 1.29 is 14.3 Å². The second-order valence-corrected chi connectivity index (χ2v) is 5.32. The van der Waals surface area contributed by atoms with E-state index in [-0.39, 0.29) is 5.75 Å². The number of aromatic hydroxyl groups is 1. The van der Waals surface area contributed by atoms with Gasteiger partial charge in [0.1, 0.15) is 0 Å². The maximum Gasteiger partial charge on any atom is 0.299 e. The number of H-pyrrole nitrogens is 1. The van der Waals surface area contributed by atoms with Gasteiger partial charge >= 0.3 is 0 Å². The third-order valence-electron chi connectivity index (χ3n) is 3.77. The van der Waals surface area contributed by atoms with Gasteiger partial charge in [0.05, 0.1) is 13.3 Å². The van der Waals surface area contributed by atoms with Crippen molar-refractivity contribution in [1.82, 2.24) is 9.97 Å². The summed E-state index contributed by atoms with van der Waals surface area (Å²) in [6, 6.07) is 13.4. The molecule has 4 rings (SSSR count). The Kier molecular flexibility index (Phi) is 3.35. The summed E-state index contributed by atoms with van der Waals surface area (Å²) in [5, 5.41) is 14.1. The summed E-state index contributed by atoms with van der Waals surface area (Å²) in [5.41, 5.74) is 2.67. The van der Waals surface area contributed by atoms with Gasteiger partial charge in [0.2, 0.25) is 0 Å². The number of nitrogens with one attached hydrogen (secondary N) is 2. The molecular weight excluding hydrogens is 306 g/mol. The minimum Gasteiger partial charge on any atom is -0.504 e. The van der Waals surface area contributed by atoms with Crippen molar-refractivity contribution in [2.45, 2.75) is 0 Å². The molecule has 0 bridgehead atoms. The molecule has 0 unspecified atom stereocenters. The average molecular weight is 321 g/mol. The van der Waals surface area contributed by atoms with E-state index in [2.05, 4.69) is 15.3 Å². The molecule has 120 valence electrons. The molecule has 0 saturated carbocycles. The molecule has 4 aromatic rings. The molecule has 0 saturated heterocycles. The zero-order chi connectivity index (χ0) is 16.5. The van der Waals surface area contributed by atoms with Crippen LogP contribution in [-0.2, 0) is 0 Å². The molecule has 24 heavy (non-hydrogen) atoms. The number of phenols is 1. The van der Waals surface area contributed by atoms with Gasteiger partial charge in [0, 0.05) is 28.4 Å². The molecule has 6 nitrogen and oxygen atoms in total. The van der Waals surface area contributed by atoms with E-state index in [9.17, 15) is 5.11 Å². The topological polar surface area (TPSA) is 83.3 Å². The maximum absolute atomic E-state index is 9.87. The highest BCUT2D eigenvalue weighted by Gasteiger charge is 2.10. The third kappa shape index (κ3) is 2.54. The van der Waals surface area contributed by atoms with Crippen LogP contribution >= 0.6 is 0 Å². The van der Waals surface area contributed by atoms with E-state index in [1.807, 2.05) is 30.5 Å². The number of phenolic OH excluding ortho intramolecular Hbond substituents is 1. The zero-order valence-corrected chi connectivity index (χ0v) is 12.9. The van der Waals surface area contributed by atoms with Crippen molar-refractivity contribution in [3.8, 4) is 22.8 Å². The highest BCUT2D eigenvalue weighted by atomic mass is 16.5. The Balaban J connectivity index is 1.59. The number of oxazole rings is 1. The molecule has 0 aliphatic heterocycles. The van der Waals surface area contributed by atoms with E-state index >= 15 is 0 Å². The lowest BCUT2D eigenvalue weighted by Gasteiger charge is -2.04. The number of benzene rings is 2. The van der Waals surface area contributed by atoms with Gasteiger partial charge < -0.3 is 24.6 Å². The maximum atomic E-state index is 9.87. The Morgan fingerprint density at radius 3 is 2.92 bits per heavy atom. The Hall–Kier alpha value is -3.41. The van der Waals surface area contributed by atoms with Crippen LogP contribution < -0.4 is 10.1 Å². The fourth-order valence-corrected chi connectivity index (χ4v) is 2.56. The quantitative estimate of drug-likeness (QED) is 0.522. The van der Waals surface area contributed by atoms with Gasteiger partial charge in [-0.25, -0.2) is 4.98 Å². The molecule has 0 aliphatic rings. The van der Waals surface area contributed by atoms with Gasteiger partial charge in [-0.05, 0) is 42.5 Å². The summed E-state index contributed by atoms with van der Waals surface area (Å²) in [6.45, 7) is 0. The lowest BCUT2D eigenvalue weighted by Crippen LogP contribution is -1.89. The molecule has 0 spiro atoms. The fourth-order valence-electron chi connectivity index (χ4n) is 2.56. The summed E-state index contributed by atoms with van der Waals surface area (Å²) < 4.78 is 10.8. The van der Waals surface area contributed by atoms with Crippen LogP contribution in [0.5, 0.6) is 11.5 Å². The summed E-state index contributed by atoms with van der Waals surface area (Å²) in [5.74, 6) is 1.02. The van der Waals surface area contributed by atoms with Crippen molar-refractivity contribution in [2.75, 3.05) is 12.4 Å². The monoisotopic (exact) mass is 321 g/mol. The van der Waals surface area contributed by atoms with Crippen molar-refractivity contribution >= 4 is 22.6 Å². The number of aromatic amines is 1. The van der Waals surface area contributed by atoms with Crippen molar-refractivity contribution in [1.29, 1.82) is 0 Å². The smallest absolute Gasteiger partial charge is 0.299 e. The number of hydrogen-bond donors (Lipinski definition) is 3. The highest BCUT2D eigenvalue weighted by molar-refractivity contribution is 5.83. The number of hydrogen-bond acceptors (Lipinski definition) is 5. The summed E-state index contributed by atoms with van der Waals surface area (Å²) in [6.07, 6.45) is 3.51. The Morgan fingerprint density at radius 2 is 2.08 bits per heavy atom. The molecule has 0 fully saturated rings. The number of rotatable bonds is 4. The molecule has 2 aromatic carbocycles. The van der Waals surface area contributed by atoms with E-state index in [4.69, 9.17) is 9.15 Å². The Labute approximate surface area is 137 Å². The van der Waals surface area contributed by atoms with E-state index in [0.717, 1.165) is 22.2 Å². The highest BCUT2D eigenvalue weighted by Crippen LogP contribution is 2.32. The predicted molar refractivity (Wildman–Crippen MR) is 91.7 cm³/mol. The lowest BCUT2D eigenvalue weighted by atomic mass is 10.1. The minimum atomic E-state index is 0.0545. The van der Waals surface area contributed by atoms with Crippen LogP contribution in [-0.4, -0.2) is 22.2 Å². The van der Waals surface area contributed by atoms with Crippen LogP contribution in [0.1, 0.15) is 0 Å². The zero-order valence-electron chi connectivity index (χ0n) is 12.9.